The number of carboxylic acids is 1. The fourth-order valence-corrected chi connectivity index (χ4v) is 1.81. The second-order valence-electron chi connectivity index (χ2n) is 4.08. The van der Waals surface area contributed by atoms with Crippen molar-refractivity contribution in [2.75, 3.05) is 24.0 Å². The SMILES string of the molecule is CC(C)CCCCCSCC(=O)[O-].CSC.[Cl-].[Pt+2]. The van der Waals surface area contributed by atoms with Gasteiger partial charge < -0.3 is 22.3 Å². The summed E-state index contributed by atoms with van der Waals surface area (Å²) in [7, 11) is 0. The third-order valence-corrected chi connectivity index (χ3v) is 2.81. The number of unbranched alkanes of at least 4 members (excludes halogenated alkanes) is 2. The van der Waals surface area contributed by atoms with Gasteiger partial charge in [0.25, 0.3) is 0 Å². The van der Waals surface area contributed by atoms with Crippen molar-refractivity contribution in [3.05, 3.63) is 0 Å². The Kier molecular flexibility index (Phi) is 35.5. The smallest absolute Gasteiger partial charge is 1.00 e. The molecule has 0 aliphatic heterocycles. The van der Waals surface area contributed by atoms with E-state index < -0.39 is 5.97 Å². The molecule has 0 radical (unpaired) electrons. The molecule has 18 heavy (non-hydrogen) atoms. The van der Waals surface area contributed by atoms with Gasteiger partial charge in [-0.15, -0.1) is 0 Å². The van der Waals surface area contributed by atoms with Crippen molar-refractivity contribution in [1.29, 1.82) is 0 Å². The Morgan fingerprint density at radius 3 is 2.06 bits per heavy atom. The van der Waals surface area contributed by atoms with E-state index in [4.69, 9.17) is 0 Å². The Labute approximate surface area is 142 Å². The Morgan fingerprint density at radius 1 is 1.17 bits per heavy atom. The van der Waals surface area contributed by atoms with Gasteiger partial charge in [-0.05, 0) is 30.6 Å². The number of thioether (sulfide) groups is 2. The summed E-state index contributed by atoms with van der Waals surface area (Å²) in [6.07, 6.45) is 8.98. The summed E-state index contributed by atoms with van der Waals surface area (Å²) in [6.45, 7) is 4.45. The third kappa shape index (κ3) is 36.0. The van der Waals surface area contributed by atoms with Gasteiger partial charge in [0, 0.05) is 5.75 Å². The molecule has 0 saturated carbocycles. The third-order valence-electron chi connectivity index (χ3n) is 1.79. The van der Waals surface area contributed by atoms with Crippen molar-refractivity contribution >= 4 is 29.5 Å². The van der Waals surface area contributed by atoms with Crippen LogP contribution in [0, 0.1) is 5.92 Å². The molecular formula is C12H25ClO2PtS2. The van der Waals surface area contributed by atoms with Gasteiger partial charge in [-0.1, -0.05) is 33.1 Å². The van der Waals surface area contributed by atoms with Crippen molar-refractivity contribution in [3.63, 3.8) is 0 Å². The topological polar surface area (TPSA) is 40.1 Å². The number of aliphatic carboxylic acids is 1. The van der Waals surface area contributed by atoms with E-state index in [1.165, 1.54) is 31.0 Å². The summed E-state index contributed by atoms with van der Waals surface area (Å²) in [5.74, 6) is 0.930. The molecule has 0 atom stereocenters. The number of hydrogen-bond acceptors (Lipinski definition) is 4. The van der Waals surface area contributed by atoms with Gasteiger partial charge in [0.2, 0.25) is 0 Å². The minimum Gasteiger partial charge on any atom is -1.00 e. The van der Waals surface area contributed by atoms with Crippen LogP contribution in [-0.2, 0) is 25.9 Å². The molecule has 0 rings (SSSR count). The van der Waals surface area contributed by atoms with Crippen molar-refractivity contribution in [1.82, 2.24) is 0 Å². The Morgan fingerprint density at radius 2 is 1.67 bits per heavy atom. The Balaban J connectivity index is -0.000000177. The van der Waals surface area contributed by atoms with Gasteiger partial charge in [-0.25, -0.2) is 0 Å². The van der Waals surface area contributed by atoms with Gasteiger partial charge in [-0.3, -0.25) is 0 Å². The first-order chi connectivity index (χ1) is 7.54. The summed E-state index contributed by atoms with van der Waals surface area (Å²) in [5, 5.41) is 10.0. The molecule has 0 saturated heterocycles. The molecule has 0 fully saturated rings. The zero-order valence-corrected chi connectivity index (χ0v) is 16.3. The molecule has 0 spiro atoms. The van der Waals surface area contributed by atoms with Crippen LogP contribution in [0.2, 0.25) is 0 Å². The van der Waals surface area contributed by atoms with Crippen LogP contribution in [0.3, 0.4) is 0 Å². The van der Waals surface area contributed by atoms with Gasteiger partial charge in [0.1, 0.15) is 0 Å². The number of halogens is 1. The summed E-state index contributed by atoms with van der Waals surface area (Å²) in [6, 6.07) is 0. The predicted octanol–water partition coefficient (Wildman–Crippen LogP) is -0.333. The van der Waals surface area contributed by atoms with Crippen LogP contribution in [0.5, 0.6) is 0 Å². The molecule has 114 valence electrons. The summed E-state index contributed by atoms with van der Waals surface area (Å²) in [4.78, 5) is 10.0. The van der Waals surface area contributed by atoms with E-state index >= 15 is 0 Å². The van der Waals surface area contributed by atoms with E-state index in [-0.39, 0.29) is 39.2 Å². The fraction of sp³-hybridized carbons (Fsp3) is 0.917. The monoisotopic (exact) mass is 495 g/mol. The molecule has 0 bridgehead atoms. The molecule has 0 N–H and O–H groups in total. The molecular weight excluding hydrogens is 471 g/mol. The number of carbonyl (C=O) groups excluding carboxylic acids is 1. The maximum Gasteiger partial charge on any atom is 2.00 e. The largest absolute Gasteiger partial charge is 2.00 e. The van der Waals surface area contributed by atoms with E-state index in [9.17, 15) is 9.90 Å². The first-order valence-electron chi connectivity index (χ1n) is 5.72. The normalized spacial score (nSPS) is 8.72. The molecule has 0 heterocycles. The summed E-state index contributed by atoms with van der Waals surface area (Å²) >= 11 is 3.21. The first-order valence-corrected chi connectivity index (χ1v) is 8.51. The van der Waals surface area contributed by atoms with Crippen molar-refractivity contribution in [2.45, 2.75) is 39.5 Å². The first kappa shape index (κ1) is 27.5. The molecule has 0 aromatic heterocycles. The fourth-order valence-electron chi connectivity index (χ4n) is 1.09. The van der Waals surface area contributed by atoms with E-state index in [1.54, 1.807) is 11.8 Å². The van der Waals surface area contributed by atoms with E-state index in [1.807, 2.05) is 12.5 Å². The zero-order chi connectivity index (χ0) is 12.8. The quantitative estimate of drug-likeness (QED) is 0.432. The van der Waals surface area contributed by atoms with Gasteiger partial charge in [0.15, 0.2) is 0 Å². The van der Waals surface area contributed by atoms with Gasteiger partial charge in [0.05, 0.1) is 5.97 Å². The zero-order valence-electron chi connectivity index (χ0n) is 11.6. The molecule has 0 unspecified atom stereocenters. The van der Waals surface area contributed by atoms with Crippen molar-refractivity contribution < 1.29 is 43.4 Å². The molecule has 0 aliphatic carbocycles. The minimum atomic E-state index is -0.952. The van der Waals surface area contributed by atoms with E-state index in [0.29, 0.717) is 0 Å². The van der Waals surface area contributed by atoms with E-state index in [0.717, 1.165) is 18.1 Å². The second-order valence-corrected chi connectivity index (χ2v) is 6.00. The van der Waals surface area contributed by atoms with E-state index in [2.05, 4.69) is 13.8 Å². The standard InChI is InChI=1S/C10H20O2S.C2H6S.ClH.Pt/c1-9(2)6-4-3-5-7-13-8-10(11)12;1-3-2;;/h9H,3-8H2,1-2H3,(H,11,12);1-2H3;1H;/q;;;+2/p-2. The van der Waals surface area contributed by atoms with Crippen LogP contribution in [-0.4, -0.2) is 30.0 Å². The minimum absolute atomic E-state index is 0. The van der Waals surface area contributed by atoms with Crippen molar-refractivity contribution in [2.24, 2.45) is 5.92 Å². The van der Waals surface area contributed by atoms with Gasteiger partial charge >= 0.3 is 21.1 Å². The number of hydrogen-bond donors (Lipinski definition) is 0. The number of carbonyl (C=O) groups is 1. The van der Waals surface area contributed by atoms with Crippen molar-refractivity contribution in [3.8, 4) is 0 Å². The van der Waals surface area contributed by atoms with Crippen LogP contribution in [0.1, 0.15) is 39.5 Å². The average molecular weight is 496 g/mol. The number of carboxylic acid groups (broad SMARTS) is 1. The van der Waals surface area contributed by atoms with Crippen LogP contribution >= 0.6 is 23.5 Å². The summed E-state index contributed by atoms with van der Waals surface area (Å²) in [5.41, 5.74) is 0. The molecule has 0 aliphatic rings. The average Bonchev–Trinajstić information content (AvgIpc) is 2.16. The molecule has 0 aromatic rings. The molecule has 2 nitrogen and oxygen atoms in total. The second kappa shape index (κ2) is 23.3. The maximum absolute atomic E-state index is 10.0. The Hall–Kier alpha value is 1.15. The van der Waals surface area contributed by atoms with Crippen LogP contribution in [0.15, 0.2) is 0 Å². The van der Waals surface area contributed by atoms with Gasteiger partial charge in [-0.2, -0.15) is 23.5 Å². The molecule has 6 heteroatoms. The predicted molar refractivity (Wildman–Crippen MR) is 75.1 cm³/mol. The van der Waals surface area contributed by atoms with Crippen LogP contribution < -0.4 is 17.5 Å². The molecule has 0 aromatic carbocycles. The van der Waals surface area contributed by atoms with Crippen LogP contribution in [0.4, 0.5) is 0 Å². The summed E-state index contributed by atoms with van der Waals surface area (Å²) < 4.78 is 0. The number of rotatable bonds is 8. The molecule has 0 amide bonds. The maximum atomic E-state index is 10.0. The Bertz CT molecular complexity index is 161. The van der Waals surface area contributed by atoms with Crippen LogP contribution in [0.25, 0.3) is 0 Å².